The summed E-state index contributed by atoms with van der Waals surface area (Å²) in [7, 11) is 0. The second kappa shape index (κ2) is 8.14. The molecular weight excluding hydrogens is 338 g/mol. The molecule has 1 aliphatic carbocycles. The zero-order chi connectivity index (χ0) is 17.8. The first-order chi connectivity index (χ1) is 12.0. The topological polar surface area (TPSA) is 0 Å². The van der Waals surface area contributed by atoms with Crippen molar-refractivity contribution in [1.29, 1.82) is 0 Å². The number of aryl methyl sites for hydroxylation is 1. The molecule has 0 unspecified atom stereocenters. The minimum atomic E-state index is -0.225. The molecule has 0 N–H and O–H groups in total. The first-order valence-corrected chi connectivity index (χ1v) is 9.27. The van der Waals surface area contributed by atoms with E-state index in [0.717, 1.165) is 29.9 Å². The lowest BCUT2D eigenvalue weighted by Crippen LogP contribution is -2.01. The van der Waals surface area contributed by atoms with Crippen molar-refractivity contribution >= 4 is 11.6 Å². The molecule has 0 heterocycles. The average molecular weight is 361 g/mol. The lowest BCUT2D eigenvalue weighted by atomic mass is 9.91. The molecule has 2 aromatic carbocycles. The molecule has 0 aromatic heterocycles. The molecule has 0 amide bonds. The third-order valence-electron chi connectivity index (χ3n) is 4.92. The molecule has 0 radical (unpaired) electrons. The van der Waals surface area contributed by atoms with E-state index in [1.807, 2.05) is 24.3 Å². The number of hydrogen-bond acceptors (Lipinski definition) is 0. The highest BCUT2D eigenvalue weighted by molar-refractivity contribution is 6.30. The minimum Gasteiger partial charge on any atom is -0.211 e. The van der Waals surface area contributed by atoms with Crippen molar-refractivity contribution in [1.82, 2.24) is 0 Å². The van der Waals surface area contributed by atoms with Crippen LogP contribution in [0.4, 0.5) is 8.78 Å². The second-order valence-electron chi connectivity index (χ2n) is 7.00. The van der Waals surface area contributed by atoms with Crippen molar-refractivity contribution in [3.8, 4) is 0 Å². The molecule has 0 saturated heterocycles. The summed E-state index contributed by atoms with van der Waals surface area (Å²) in [6.07, 6.45) is 6.53. The van der Waals surface area contributed by atoms with Gasteiger partial charge >= 0.3 is 0 Å². The van der Waals surface area contributed by atoms with Crippen LogP contribution in [0.3, 0.4) is 0 Å². The van der Waals surface area contributed by atoms with Crippen molar-refractivity contribution < 1.29 is 8.78 Å². The van der Waals surface area contributed by atoms with E-state index in [4.69, 9.17) is 11.6 Å². The first kappa shape index (κ1) is 18.1. The van der Waals surface area contributed by atoms with Crippen LogP contribution in [0.2, 0.25) is 5.02 Å². The predicted octanol–water partition coefficient (Wildman–Crippen LogP) is 7.16. The van der Waals surface area contributed by atoms with Gasteiger partial charge in [0, 0.05) is 10.9 Å². The normalized spacial score (nSPS) is 16.1. The fourth-order valence-electron chi connectivity index (χ4n) is 3.16. The van der Waals surface area contributed by atoms with Crippen molar-refractivity contribution in [2.45, 2.75) is 44.9 Å². The maximum Gasteiger partial charge on any atom is 0.126 e. The smallest absolute Gasteiger partial charge is 0.126 e. The standard InChI is InChI=1S/C22H23ClF2/c1-15-14-17(5-12-21(15)24)6-13-22(25)20(11-4-16-2-3-16)18-7-9-19(23)10-8-18/h5,7-10,12-14,16,20H,2-4,6,11H2,1H3/b22-13-/t20-/m1/s1. The monoisotopic (exact) mass is 360 g/mol. The van der Waals surface area contributed by atoms with Gasteiger partial charge in [0.2, 0.25) is 0 Å². The number of allylic oxidation sites excluding steroid dienone is 2. The van der Waals surface area contributed by atoms with Gasteiger partial charge in [-0.15, -0.1) is 0 Å². The highest BCUT2D eigenvalue weighted by Gasteiger charge is 2.25. The van der Waals surface area contributed by atoms with E-state index in [0.29, 0.717) is 17.0 Å². The molecule has 3 rings (SSSR count). The maximum absolute atomic E-state index is 14.9. The van der Waals surface area contributed by atoms with Gasteiger partial charge in [0.25, 0.3) is 0 Å². The summed E-state index contributed by atoms with van der Waals surface area (Å²) in [5.74, 6) is 0.211. The number of halogens is 3. The van der Waals surface area contributed by atoms with Gasteiger partial charge in [0.15, 0.2) is 0 Å². The minimum absolute atomic E-state index is 0.107. The number of hydrogen-bond donors (Lipinski definition) is 0. The Hall–Kier alpha value is -1.67. The average Bonchev–Trinajstić information content (AvgIpc) is 3.42. The molecule has 2 aromatic rings. The molecule has 1 saturated carbocycles. The van der Waals surface area contributed by atoms with Crippen LogP contribution < -0.4 is 0 Å². The highest BCUT2D eigenvalue weighted by Crippen LogP contribution is 2.39. The number of benzene rings is 2. The molecule has 0 nitrogen and oxygen atoms in total. The summed E-state index contributed by atoms with van der Waals surface area (Å²) in [5.41, 5.74) is 2.48. The third kappa shape index (κ3) is 5.15. The van der Waals surface area contributed by atoms with Crippen molar-refractivity contribution in [3.05, 3.63) is 81.9 Å². The van der Waals surface area contributed by atoms with Crippen molar-refractivity contribution in [2.75, 3.05) is 0 Å². The largest absolute Gasteiger partial charge is 0.211 e. The van der Waals surface area contributed by atoms with Crippen LogP contribution in [-0.4, -0.2) is 0 Å². The van der Waals surface area contributed by atoms with Gasteiger partial charge in [-0.25, -0.2) is 8.78 Å². The fraction of sp³-hybridized carbons (Fsp3) is 0.364. The Labute approximate surface area is 153 Å². The molecule has 3 heteroatoms. The Morgan fingerprint density at radius 1 is 1.20 bits per heavy atom. The zero-order valence-corrected chi connectivity index (χ0v) is 15.2. The SMILES string of the molecule is Cc1cc(C/C=C(\F)[C@H](CCC2CC2)c2ccc(Cl)cc2)ccc1F. The molecule has 0 spiro atoms. The molecule has 25 heavy (non-hydrogen) atoms. The van der Waals surface area contributed by atoms with Crippen LogP contribution in [0, 0.1) is 18.7 Å². The first-order valence-electron chi connectivity index (χ1n) is 8.89. The fourth-order valence-corrected chi connectivity index (χ4v) is 3.29. The van der Waals surface area contributed by atoms with Gasteiger partial charge in [-0.1, -0.05) is 48.7 Å². The van der Waals surface area contributed by atoms with Gasteiger partial charge in [-0.2, -0.15) is 0 Å². The predicted molar refractivity (Wildman–Crippen MR) is 100 cm³/mol. The molecule has 0 bridgehead atoms. The lowest BCUT2D eigenvalue weighted by molar-refractivity contribution is 0.495. The summed E-state index contributed by atoms with van der Waals surface area (Å²) in [6.45, 7) is 1.73. The van der Waals surface area contributed by atoms with Crippen molar-refractivity contribution in [3.63, 3.8) is 0 Å². The van der Waals surface area contributed by atoms with Gasteiger partial charge in [-0.05, 0) is 73.1 Å². The zero-order valence-electron chi connectivity index (χ0n) is 14.4. The van der Waals surface area contributed by atoms with Gasteiger partial charge in [-0.3, -0.25) is 0 Å². The Balaban J connectivity index is 1.75. The van der Waals surface area contributed by atoms with Crippen LogP contribution in [0.1, 0.15) is 48.3 Å². The molecule has 1 aliphatic rings. The van der Waals surface area contributed by atoms with Crippen LogP contribution in [0.15, 0.2) is 54.4 Å². The molecular formula is C22H23ClF2. The maximum atomic E-state index is 14.9. The Bertz CT molecular complexity index is 745. The van der Waals surface area contributed by atoms with Gasteiger partial charge < -0.3 is 0 Å². The van der Waals surface area contributed by atoms with E-state index < -0.39 is 0 Å². The van der Waals surface area contributed by atoms with Crippen LogP contribution in [0.5, 0.6) is 0 Å². The summed E-state index contributed by atoms with van der Waals surface area (Å²) in [5, 5.41) is 0.663. The lowest BCUT2D eigenvalue weighted by Gasteiger charge is -2.16. The van der Waals surface area contributed by atoms with Gasteiger partial charge in [0.1, 0.15) is 11.6 Å². The molecule has 1 fully saturated rings. The van der Waals surface area contributed by atoms with E-state index in [1.165, 1.54) is 18.9 Å². The third-order valence-corrected chi connectivity index (χ3v) is 5.17. The van der Waals surface area contributed by atoms with Crippen LogP contribution >= 0.6 is 11.6 Å². The Morgan fingerprint density at radius 2 is 1.92 bits per heavy atom. The molecule has 132 valence electrons. The highest BCUT2D eigenvalue weighted by atomic mass is 35.5. The summed E-state index contributed by atoms with van der Waals surface area (Å²) in [4.78, 5) is 0. The summed E-state index contributed by atoms with van der Waals surface area (Å²) in [6, 6.07) is 12.4. The Morgan fingerprint density at radius 3 is 2.56 bits per heavy atom. The molecule has 1 atom stereocenters. The van der Waals surface area contributed by atoms with E-state index in [9.17, 15) is 8.78 Å². The van der Waals surface area contributed by atoms with Crippen molar-refractivity contribution in [2.24, 2.45) is 5.92 Å². The van der Waals surface area contributed by atoms with Gasteiger partial charge in [0.05, 0.1) is 0 Å². The van der Waals surface area contributed by atoms with Crippen LogP contribution in [0.25, 0.3) is 0 Å². The summed E-state index contributed by atoms with van der Waals surface area (Å²) >= 11 is 5.96. The van der Waals surface area contributed by atoms with Crippen LogP contribution in [-0.2, 0) is 6.42 Å². The quantitative estimate of drug-likeness (QED) is 0.491. The number of rotatable bonds is 7. The van der Waals surface area contributed by atoms with E-state index in [-0.39, 0.29) is 17.6 Å². The summed E-state index contributed by atoms with van der Waals surface area (Å²) < 4.78 is 28.3. The van der Waals surface area contributed by atoms with E-state index in [1.54, 1.807) is 25.1 Å². The second-order valence-corrected chi connectivity index (χ2v) is 7.44. The Kier molecular flexibility index (Phi) is 5.90. The molecule has 0 aliphatic heterocycles. The van der Waals surface area contributed by atoms with E-state index in [2.05, 4.69) is 0 Å². The van der Waals surface area contributed by atoms with E-state index >= 15 is 0 Å².